The number of aliphatic imine (C=N–C) groups is 1. The quantitative estimate of drug-likeness (QED) is 0.128. The number of hydrogen-bond acceptors (Lipinski definition) is 4. The number of allylic oxidation sites excluding steroid dienone is 4. The van der Waals surface area contributed by atoms with E-state index in [-0.39, 0.29) is 5.83 Å². The molecule has 0 aliphatic heterocycles. The molecule has 8 aromatic rings. The normalized spacial score (nSPS) is 13.4. The van der Waals surface area contributed by atoms with Crippen LogP contribution in [0.5, 0.6) is 0 Å². The van der Waals surface area contributed by atoms with Crippen LogP contribution in [-0.4, -0.2) is 5.71 Å². The zero-order chi connectivity index (χ0) is 36.1. The van der Waals surface area contributed by atoms with Gasteiger partial charge < -0.3 is 4.90 Å². The molecule has 5 heteroatoms. The van der Waals surface area contributed by atoms with Crippen LogP contribution in [-0.2, 0) is 0 Å². The summed E-state index contributed by atoms with van der Waals surface area (Å²) >= 11 is 1.79. The molecule has 254 valence electrons. The van der Waals surface area contributed by atoms with Gasteiger partial charge in [-0.2, -0.15) is 5.26 Å². The number of nitriles is 1. The van der Waals surface area contributed by atoms with Crippen molar-refractivity contribution in [1.82, 2.24) is 0 Å². The summed E-state index contributed by atoms with van der Waals surface area (Å²) in [6.07, 6.45) is 4.90. The summed E-state index contributed by atoms with van der Waals surface area (Å²) in [5, 5.41) is 17.6. The van der Waals surface area contributed by atoms with Crippen LogP contribution in [0, 0.1) is 18.3 Å². The van der Waals surface area contributed by atoms with Gasteiger partial charge in [-0.1, -0.05) is 103 Å². The van der Waals surface area contributed by atoms with Crippen LogP contribution in [0.4, 0.5) is 27.1 Å². The van der Waals surface area contributed by atoms with Crippen molar-refractivity contribution < 1.29 is 4.39 Å². The molecular formula is C48H34FN3S. The van der Waals surface area contributed by atoms with Crippen molar-refractivity contribution in [3.8, 4) is 17.2 Å². The molecule has 0 fully saturated rings. The Morgan fingerprint density at radius 3 is 2.26 bits per heavy atom. The third-order valence-electron chi connectivity index (χ3n) is 10.4. The minimum absolute atomic E-state index is 0.195. The highest BCUT2D eigenvalue weighted by Crippen LogP contribution is 2.49. The van der Waals surface area contributed by atoms with Gasteiger partial charge in [-0.3, -0.25) is 4.99 Å². The Labute approximate surface area is 311 Å². The second kappa shape index (κ2) is 13.3. The number of para-hydroxylation sites is 2. The van der Waals surface area contributed by atoms with E-state index in [1.807, 2.05) is 49.4 Å². The summed E-state index contributed by atoms with van der Waals surface area (Å²) in [6.45, 7) is 3.99. The largest absolute Gasteiger partial charge is 0.308 e. The van der Waals surface area contributed by atoms with Gasteiger partial charge in [0.25, 0.3) is 0 Å². The van der Waals surface area contributed by atoms with E-state index in [2.05, 4.69) is 115 Å². The number of thiophene rings is 1. The van der Waals surface area contributed by atoms with E-state index in [1.54, 1.807) is 17.4 Å². The van der Waals surface area contributed by atoms with E-state index in [1.165, 1.54) is 20.2 Å². The number of benzene rings is 7. The van der Waals surface area contributed by atoms with E-state index < -0.39 is 0 Å². The molecule has 0 N–H and O–H groups in total. The Kier molecular flexibility index (Phi) is 8.18. The fourth-order valence-corrected chi connectivity index (χ4v) is 9.10. The standard InChI is InChI=1S/C48H34FN3S/c1-30-34-25-26-38-36(37(34)27-28-44(30)51-31(2)35-16-6-8-22-43(35)49)18-12-23-45(38)52(33-14-4-3-5-15-33)47-32(29-50)13-10-19-40(47)42-21-11-20-41-39-17-7-9-24-46(39)53-48(41)42/h3-5,7-15,17-28H,6,16H2,1-2H3. The number of anilines is 3. The highest BCUT2D eigenvalue weighted by atomic mass is 32.1. The van der Waals surface area contributed by atoms with E-state index in [9.17, 15) is 9.65 Å². The van der Waals surface area contributed by atoms with Crippen molar-refractivity contribution in [2.75, 3.05) is 4.90 Å². The smallest absolute Gasteiger partial charge is 0.127 e. The number of nitrogens with zero attached hydrogens (tertiary/aromatic N) is 3. The molecule has 53 heavy (non-hydrogen) atoms. The molecule has 0 saturated heterocycles. The lowest BCUT2D eigenvalue weighted by atomic mass is 9.94. The molecule has 0 radical (unpaired) electrons. The first-order chi connectivity index (χ1) is 26.0. The molecule has 0 saturated carbocycles. The lowest BCUT2D eigenvalue weighted by molar-refractivity contribution is 0.645. The molecule has 1 heterocycles. The molecule has 0 unspecified atom stereocenters. The first kappa shape index (κ1) is 32.6. The molecule has 0 spiro atoms. The van der Waals surface area contributed by atoms with Crippen LogP contribution in [0.25, 0.3) is 52.8 Å². The lowest BCUT2D eigenvalue weighted by Crippen LogP contribution is -2.13. The molecule has 1 aliphatic rings. The highest BCUT2D eigenvalue weighted by molar-refractivity contribution is 7.26. The van der Waals surface area contributed by atoms with Gasteiger partial charge in [0.1, 0.15) is 11.9 Å². The first-order valence-electron chi connectivity index (χ1n) is 17.9. The number of halogens is 1. The summed E-state index contributed by atoms with van der Waals surface area (Å²) in [5.41, 5.74) is 8.76. The molecule has 0 bridgehead atoms. The third-order valence-corrected chi connectivity index (χ3v) is 11.7. The average molecular weight is 704 g/mol. The second-order valence-electron chi connectivity index (χ2n) is 13.5. The molecule has 7 aromatic carbocycles. The predicted octanol–water partition coefficient (Wildman–Crippen LogP) is 14.3. The van der Waals surface area contributed by atoms with Gasteiger partial charge in [-0.15, -0.1) is 11.3 Å². The topological polar surface area (TPSA) is 39.4 Å². The number of aryl methyl sites for hydroxylation is 1. The minimum atomic E-state index is -0.195. The number of rotatable bonds is 6. The molecule has 9 rings (SSSR count). The number of fused-ring (bicyclic) bond motifs is 6. The zero-order valence-corrected chi connectivity index (χ0v) is 30.2. The lowest BCUT2D eigenvalue weighted by Gasteiger charge is -2.30. The maximum atomic E-state index is 14.7. The van der Waals surface area contributed by atoms with Crippen molar-refractivity contribution >= 4 is 81.5 Å². The van der Waals surface area contributed by atoms with Crippen LogP contribution in [0.3, 0.4) is 0 Å². The van der Waals surface area contributed by atoms with Gasteiger partial charge in [0.05, 0.1) is 22.6 Å². The van der Waals surface area contributed by atoms with Crippen molar-refractivity contribution in [3.05, 3.63) is 168 Å². The van der Waals surface area contributed by atoms with Crippen LogP contribution in [0.15, 0.2) is 162 Å². The Hall–Kier alpha value is -6.35. The monoisotopic (exact) mass is 703 g/mol. The van der Waals surface area contributed by atoms with Crippen molar-refractivity contribution in [2.24, 2.45) is 4.99 Å². The van der Waals surface area contributed by atoms with Gasteiger partial charge >= 0.3 is 0 Å². The Bertz CT molecular complexity index is 2890. The summed E-state index contributed by atoms with van der Waals surface area (Å²) in [5.74, 6) is -0.195. The van der Waals surface area contributed by atoms with Gasteiger partial charge in [0.2, 0.25) is 0 Å². The first-order valence-corrected chi connectivity index (χ1v) is 18.7. The molecule has 0 atom stereocenters. The SMILES string of the molecule is CC(=Nc1ccc2c(ccc3c(N(c4ccccc4)c4c(C#N)cccc4-c4cccc5c4sc4ccccc45)cccc32)c1C)C1=C(F)C=CCC1. The Balaban J connectivity index is 1.26. The van der Waals surface area contributed by atoms with Crippen molar-refractivity contribution in [3.63, 3.8) is 0 Å². The summed E-state index contributed by atoms with van der Waals surface area (Å²) in [7, 11) is 0. The summed E-state index contributed by atoms with van der Waals surface area (Å²) in [6, 6.07) is 48.9. The van der Waals surface area contributed by atoms with Crippen LogP contribution >= 0.6 is 11.3 Å². The average Bonchev–Trinajstić information content (AvgIpc) is 3.59. The number of hydrogen-bond donors (Lipinski definition) is 0. The maximum Gasteiger partial charge on any atom is 0.127 e. The Morgan fingerprint density at radius 1 is 0.717 bits per heavy atom. The van der Waals surface area contributed by atoms with E-state index >= 15 is 0 Å². The van der Waals surface area contributed by atoms with Crippen molar-refractivity contribution in [2.45, 2.75) is 26.7 Å². The van der Waals surface area contributed by atoms with Gasteiger partial charge in [-0.25, -0.2) is 4.39 Å². The van der Waals surface area contributed by atoms with E-state index in [4.69, 9.17) is 4.99 Å². The summed E-state index contributed by atoms with van der Waals surface area (Å²) in [4.78, 5) is 7.18. The molecule has 1 aliphatic carbocycles. The molecule has 1 aromatic heterocycles. The molecule has 3 nitrogen and oxygen atoms in total. The highest BCUT2D eigenvalue weighted by Gasteiger charge is 2.24. The minimum Gasteiger partial charge on any atom is -0.308 e. The van der Waals surface area contributed by atoms with Crippen LogP contribution < -0.4 is 4.90 Å². The van der Waals surface area contributed by atoms with Crippen LogP contribution in [0.1, 0.15) is 30.9 Å². The molecular weight excluding hydrogens is 670 g/mol. The van der Waals surface area contributed by atoms with Gasteiger partial charge in [0, 0.05) is 53.7 Å². The van der Waals surface area contributed by atoms with E-state index in [0.717, 1.165) is 67.4 Å². The van der Waals surface area contributed by atoms with Gasteiger partial charge in [0.15, 0.2) is 0 Å². The van der Waals surface area contributed by atoms with Gasteiger partial charge in [-0.05, 0) is 90.9 Å². The maximum absolute atomic E-state index is 14.7. The second-order valence-corrected chi connectivity index (χ2v) is 14.5. The van der Waals surface area contributed by atoms with Crippen molar-refractivity contribution in [1.29, 1.82) is 5.26 Å². The fourth-order valence-electron chi connectivity index (χ4n) is 7.87. The Morgan fingerprint density at radius 2 is 1.42 bits per heavy atom. The fraction of sp³-hybridized carbons (Fsp3) is 0.0833. The zero-order valence-electron chi connectivity index (χ0n) is 29.4. The predicted molar refractivity (Wildman–Crippen MR) is 223 cm³/mol. The third kappa shape index (κ3) is 5.51. The van der Waals surface area contributed by atoms with Crippen LogP contribution in [0.2, 0.25) is 0 Å². The van der Waals surface area contributed by atoms with E-state index in [0.29, 0.717) is 23.3 Å². The molecule has 0 amide bonds. The summed E-state index contributed by atoms with van der Waals surface area (Å²) < 4.78 is 17.1.